The molecule has 0 aromatic heterocycles. The van der Waals surface area contributed by atoms with Crippen molar-refractivity contribution in [3.05, 3.63) is 187 Å². The smallest absolute Gasteiger partial charge is 0.0546 e. The summed E-state index contributed by atoms with van der Waals surface area (Å²) < 4.78 is 0. The van der Waals surface area contributed by atoms with Crippen LogP contribution < -0.4 is 4.90 Å². The number of benzene rings is 9. The van der Waals surface area contributed by atoms with Gasteiger partial charge in [-0.15, -0.1) is 0 Å². The fraction of sp³-hybridized carbons (Fsp3) is 0.0612. The normalized spacial score (nSPS) is 13.2. The van der Waals surface area contributed by atoms with Crippen LogP contribution in [0.1, 0.15) is 25.0 Å². The van der Waals surface area contributed by atoms with Gasteiger partial charge in [-0.05, 0) is 95.9 Å². The number of para-hydroxylation sites is 1. The Balaban J connectivity index is 1.31. The fourth-order valence-electron chi connectivity index (χ4n) is 8.56. The maximum absolute atomic E-state index is 2.52. The van der Waals surface area contributed by atoms with Crippen molar-refractivity contribution in [2.75, 3.05) is 4.90 Å². The fourth-order valence-corrected chi connectivity index (χ4v) is 8.56. The van der Waals surface area contributed by atoms with E-state index in [0.717, 1.165) is 11.4 Å². The molecular weight excluding hydrogens is 603 g/mol. The highest BCUT2D eigenvalue weighted by atomic mass is 15.1. The molecule has 0 saturated heterocycles. The third-order valence-corrected chi connectivity index (χ3v) is 11.0. The van der Waals surface area contributed by atoms with Gasteiger partial charge in [-0.1, -0.05) is 159 Å². The lowest BCUT2D eigenvalue weighted by atomic mass is 9.82. The average molecular weight is 638 g/mol. The minimum Gasteiger partial charge on any atom is -0.309 e. The maximum atomic E-state index is 2.52. The summed E-state index contributed by atoms with van der Waals surface area (Å²) in [6.07, 6.45) is 0. The highest BCUT2D eigenvalue weighted by Gasteiger charge is 2.35. The van der Waals surface area contributed by atoms with Crippen LogP contribution in [0.5, 0.6) is 0 Å². The van der Waals surface area contributed by atoms with Gasteiger partial charge >= 0.3 is 0 Å². The monoisotopic (exact) mass is 637 g/mol. The van der Waals surface area contributed by atoms with Crippen LogP contribution >= 0.6 is 0 Å². The van der Waals surface area contributed by atoms with E-state index in [1.165, 1.54) is 82.2 Å². The average Bonchev–Trinajstić information content (AvgIpc) is 3.40. The maximum Gasteiger partial charge on any atom is 0.0546 e. The molecule has 10 rings (SSSR count). The summed E-state index contributed by atoms with van der Waals surface area (Å²) in [5, 5.41) is 10.0. The summed E-state index contributed by atoms with van der Waals surface area (Å²) in [5.41, 5.74) is 11.2. The first-order valence-electron chi connectivity index (χ1n) is 17.5. The van der Waals surface area contributed by atoms with E-state index in [1.807, 2.05) is 0 Å². The number of hydrogen-bond acceptors (Lipinski definition) is 1. The molecule has 0 spiro atoms. The summed E-state index contributed by atoms with van der Waals surface area (Å²) in [4.78, 5) is 2.52. The second-order valence-electron chi connectivity index (χ2n) is 14.1. The van der Waals surface area contributed by atoms with Gasteiger partial charge in [0, 0.05) is 22.1 Å². The minimum absolute atomic E-state index is 0.0626. The summed E-state index contributed by atoms with van der Waals surface area (Å²) >= 11 is 0. The predicted molar refractivity (Wildman–Crippen MR) is 214 cm³/mol. The van der Waals surface area contributed by atoms with Gasteiger partial charge in [0.05, 0.1) is 11.4 Å². The summed E-state index contributed by atoms with van der Waals surface area (Å²) in [6, 6.07) is 65.1. The lowest BCUT2D eigenvalue weighted by Crippen LogP contribution is -2.15. The standard InChI is InChI=1S/C49H35N/c1-49(2)44-21-11-9-20-41(44)43-31-37(26-28-45(43)49)50(46-22-12-10-17-38(46)36-24-23-32-13-3-4-15-34(32)29-36)47-30-35-16-6-8-19-40(35)48-39-18-7-5-14-33(39)25-27-42(47)48/h3-31H,1-2H3. The van der Waals surface area contributed by atoms with Gasteiger partial charge in [0.25, 0.3) is 0 Å². The van der Waals surface area contributed by atoms with E-state index in [0.29, 0.717) is 0 Å². The molecule has 1 heteroatoms. The van der Waals surface area contributed by atoms with E-state index < -0.39 is 0 Å². The molecule has 1 aliphatic rings. The zero-order valence-electron chi connectivity index (χ0n) is 28.2. The molecule has 50 heavy (non-hydrogen) atoms. The first kappa shape index (κ1) is 28.8. The molecule has 1 aliphatic carbocycles. The van der Waals surface area contributed by atoms with Crippen molar-refractivity contribution in [1.82, 2.24) is 0 Å². The molecule has 9 aromatic carbocycles. The van der Waals surface area contributed by atoms with Gasteiger partial charge in [0.2, 0.25) is 0 Å². The second-order valence-corrected chi connectivity index (χ2v) is 14.1. The van der Waals surface area contributed by atoms with Crippen LogP contribution in [-0.4, -0.2) is 0 Å². The first-order valence-corrected chi connectivity index (χ1v) is 17.5. The molecule has 0 amide bonds. The van der Waals surface area contributed by atoms with E-state index in [4.69, 9.17) is 0 Å². The molecule has 9 aromatic rings. The van der Waals surface area contributed by atoms with Crippen molar-refractivity contribution < 1.29 is 0 Å². The molecule has 0 unspecified atom stereocenters. The van der Waals surface area contributed by atoms with Crippen molar-refractivity contribution >= 4 is 60.2 Å². The van der Waals surface area contributed by atoms with Crippen LogP contribution in [0.15, 0.2) is 176 Å². The Hall–Kier alpha value is -6.18. The largest absolute Gasteiger partial charge is 0.309 e. The Morgan fingerprint density at radius 3 is 1.84 bits per heavy atom. The summed E-state index contributed by atoms with van der Waals surface area (Å²) in [6.45, 7) is 4.71. The number of hydrogen-bond donors (Lipinski definition) is 0. The van der Waals surface area contributed by atoms with Crippen LogP contribution in [0, 0.1) is 0 Å². The quantitative estimate of drug-likeness (QED) is 0.174. The zero-order valence-corrected chi connectivity index (χ0v) is 28.2. The van der Waals surface area contributed by atoms with Gasteiger partial charge in [0.15, 0.2) is 0 Å². The van der Waals surface area contributed by atoms with Crippen molar-refractivity contribution in [1.29, 1.82) is 0 Å². The third-order valence-electron chi connectivity index (χ3n) is 11.0. The number of anilines is 3. The van der Waals surface area contributed by atoms with E-state index in [-0.39, 0.29) is 5.41 Å². The van der Waals surface area contributed by atoms with Crippen molar-refractivity contribution in [3.8, 4) is 22.3 Å². The highest BCUT2D eigenvalue weighted by molar-refractivity contribution is 6.24. The molecule has 0 atom stereocenters. The van der Waals surface area contributed by atoms with E-state index in [2.05, 4.69) is 195 Å². The number of fused-ring (bicyclic) bond motifs is 9. The Morgan fingerprint density at radius 2 is 1.00 bits per heavy atom. The highest BCUT2D eigenvalue weighted by Crippen LogP contribution is 2.52. The number of nitrogens with zero attached hydrogens (tertiary/aromatic N) is 1. The molecule has 0 aliphatic heterocycles. The predicted octanol–water partition coefficient (Wildman–Crippen LogP) is 13.7. The van der Waals surface area contributed by atoms with Crippen LogP contribution in [0.2, 0.25) is 0 Å². The van der Waals surface area contributed by atoms with Crippen molar-refractivity contribution in [2.24, 2.45) is 0 Å². The van der Waals surface area contributed by atoms with Crippen molar-refractivity contribution in [3.63, 3.8) is 0 Å². The molecule has 1 nitrogen and oxygen atoms in total. The molecule has 236 valence electrons. The molecule has 0 bridgehead atoms. The topological polar surface area (TPSA) is 3.24 Å². The molecule has 0 radical (unpaired) electrons. The zero-order chi connectivity index (χ0) is 33.4. The molecule has 0 saturated carbocycles. The molecule has 0 N–H and O–H groups in total. The Kier molecular flexibility index (Phi) is 6.29. The SMILES string of the molecule is CC1(C)c2ccccc2-c2cc(N(c3ccccc3-c3ccc4ccccc4c3)c3cc4ccccc4c4c3ccc3ccccc34)ccc21. The van der Waals surface area contributed by atoms with E-state index in [9.17, 15) is 0 Å². The van der Waals surface area contributed by atoms with Gasteiger partial charge in [-0.25, -0.2) is 0 Å². The molecular formula is C49H35N. The van der Waals surface area contributed by atoms with Crippen LogP contribution in [0.4, 0.5) is 17.1 Å². The van der Waals surface area contributed by atoms with Crippen LogP contribution in [0.3, 0.4) is 0 Å². The van der Waals surface area contributed by atoms with Gasteiger partial charge in [0.1, 0.15) is 0 Å². The first-order chi connectivity index (χ1) is 24.6. The second kappa shape index (κ2) is 10.9. The van der Waals surface area contributed by atoms with E-state index in [1.54, 1.807) is 0 Å². The van der Waals surface area contributed by atoms with Gasteiger partial charge < -0.3 is 4.90 Å². The minimum atomic E-state index is -0.0626. The summed E-state index contributed by atoms with van der Waals surface area (Å²) in [7, 11) is 0. The lowest BCUT2D eigenvalue weighted by Gasteiger charge is -2.30. The van der Waals surface area contributed by atoms with Crippen LogP contribution in [-0.2, 0) is 5.41 Å². The van der Waals surface area contributed by atoms with Crippen LogP contribution in [0.25, 0.3) is 65.3 Å². The number of rotatable bonds is 4. The summed E-state index contributed by atoms with van der Waals surface area (Å²) in [5.74, 6) is 0. The Labute approximate surface area is 292 Å². The van der Waals surface area contributed by atoms with Gasteiger partial charge in [-0.2, -0.15) is 0 Å². The van der Waals surface area contributed by atoms with Gasteiger partial charge in [-0.3, -0.25) is 0 Å². The molecule has 0 fully saturated rings. The molecule has 0 heterocycles. The van der Waals surface area contributed by atoms with Crippen molar-refractivity contribution in [2.45, 2.75) is 19.3 Å². The third kappa shape index (κ3) is 4.27. The Bertz CT molecular complexity index is 2790. The lowest BCUT2D eigenvalue weighted by molar-refractivity contribution is 0.660. The Morgan fingerprint density at radius 1 is 0.380 bits per heavy atom. The van der Waals surface area contributed by atoms with E-state index >= 15 is 0 Å².